The van der Waals surface area contributed by atoms with Crippen LogP contribution in [0.4, 0.5) is 4.79 Å². The van der Waals surface area contributed by atoms with Gasteiger partial charge in [-0.1, -0.05) is 6.07 Å². The summed E-state index contributed by atoms with van der Waals surface area (Å²) in [5.41, 5.74) is 0. The summed E-state index contributed by atoms with van der Waals surface area (Å²) < 4.78 is 1.86. The standard InChI is InChI=1S/C13H18N4OS/c1-10(2)16-13(18)14-9-11(12-5-3-8-19-12)17-7-4-6-15-17/h3-8,10-11H,9H2,1-2H3,(H2,14,16,18). The van der Waals surface area contributed by atoms with Gasteiger partial charge in [-0.3, -0.25) is 4.68 Å². The lowest BCUT2D eigenvalue weighted by Crippen LogP contribution is -2.41. The van der Waals surface area contributed by atoms with Crippen molar-refractivity contribution < 1.29 is 4.79 Å². The summed E-state index contributed by atoms with van der Waals surface area (Å²) in [6, 6.07) is 5.96. The molecule has 19 heavy (non-hydrogen) atoms. The van der Waals surface area contributed by atoms with Gasteiger partial charge in [-0.2, -0.15) is 5.10 Å². The number of thiophene rings is 1. The Morgan fingerprint density at radius 2 is 2.32 bits per heavy atom. The highest BCUT2D eigenvalue weighted by molar-refractivity contribution is 7.10. The van der Waals surface area contributed by atoms with Crippen molar-refractivity contribution in [2.45, 2.75) is 25.9 Å². The molecule has 0 fully saturated rings. The monoisotopic (exact) mass is 278 g/mol. The SMILES string of the molecule is CC(C)NC(=O)NCC(c1cccs1)n1cccn1. The minimum atomic E-state index is -0.149. The summed E-state index contributed by atoms with van der Waals surface area (Å²) in [6.07, 6.45) is 3.65. The van der Waals surface area contributed by atoms with E-state index in [-0.39, 0.29) is 18.1 Å². The Bertz CT molecular complexity index is 458. The molecule has 2 amide bonds. The molecule has 2 rings (SSSR count). The number of amides is 2. The molecular weight excluding hydrogens is 260 g/mol. The average molecular weight is 278 g/mol. The van der Waals surface area contributed by atoms with E-state index in [9.17, 15) is 4.79 Å². The van der Waals surface area contributed by atoms with Gasteiger partial charge in [0.05, 0.1) is 0 Å². The average Bonchev–Trinajstić information content (AvgIpc) is 3.00. The van der Waals surface area contributed by atoms with Gasteiger partial charge in [0.25, 0.3) is 0 Å². The molecular formula is C13H18N4OS. The fourth-order valence-electron chi connectivity index (χ4n) is 1.77. The molecule has 0 aliphatic carbocycles. The van der Waals surface area contributed by atoms with Gasteiger partial charge in [0.15, 0.2) is 0 Å². The number of rotatable bonds is 5. The third-order valence-corrected chi connectivity index (χ3v) is 3.57. The fraction of sp³-hybridized carbons (Fsp3) is 0.385. The molecule has 102 valence electrons. The maximum absolute atomic E-state index is 11.6. The zero-order chi connectivity index (χ0) is 13.7. The second-order valence-electron chi connectivity index (χ2n) is 4.53. The molecule has 0 aromatic carbocycles. The molecule has 6 heteroatoms. The number of urea groups is 1. The van der Waals surface area contributed by atoms with Crippen molar-refractivity contribution in [1.29, 1.82) is 0 Å². The van der Waals surface area contributed by atoms with Crippen LogP contribution >= 0.6 is 11.3 Å². The summed E-state index contributed by atoms with van der Waals surface area (Å²) in [4.78, 5) is 12.8. The maximum Gasteiger partial charge on any atom is 0.315 e. The summed E-state index contributed by atoms with van der Waals surface area (Å²) in [5.74, 6) is 0. The third kappa shape index (κ3) is 3.82. The first-order valence-electron chi connectivity index (χ1n) is 6.23. The van der Waals surface area contributed by atoms with Gasteiger partial charge in [0.2, 0.25) is 0 Å². The van der Waals surface area contributed by atoms with Crippen LogP contribution in [0.2, 0.25) is 0 Å². The van der Waals surface area contributed by atoms with Crippen LogP contribution in [0.15, 0.2) is 36.0 Å². The minimum absolute atomic E-state index is 0.0351. The van der Waals surface area contributed by atoms with E-state index in [1.165, 1.54) is 4.88 Å². The molecule has 0 bridgehead atoms. The highest BCUT2D eigenvalue weighted by Gasteiger charge is 2.16. The number of nitrogens with one attached hydrogen (secondary N) is 2. The van der Waals surface area contributed by atoms with Crippen molar-refractivity contribution in [3.05, 3.63) is 40.8 Å². The minimum Gasteiger partial charge on any atom is -0.336 e. The van der Waals surface area contributed by atoms with Crippen LogP contribution in [-0.2, 0) is 0 Å². The van der Waals surface area contributed by atoms with Crippen LogP contribution in [0.25, 0.3) is 0 Å². The van der Waals surface area contributed by atoms with Gasteiger partial charge < -0.3 is 10.6 Å². The summed E-state index contributed by atoms with van der Waals surface area (Å²) in [7, 11) is 0. The Hall–Kier alpha value is -1.82. The summed E-state index contributed by atoms with van der Waals surface area (Å²) in [6.45, 7) is 4.38. The van der Waals surface area contributed by atoms with Crippen LogP contribution in [0, 0.1) is 0 Å². The normalized spacial score (nSPS) is 12.4. The quantitative estimate of drug-likeness (QED) is 0.881. The van der Waals surface area contributed by atoms with E-state index in [1.807, 2.05) is 42.2 Å². The second kappa shape index (κ2) is 6.38. The zero-order valence-electron chi connectivity index (χ0n) is 11.0. The van der Waals surface area contributed by atoms with Gasteiger partial charge in [-0.25, -0.2) is 4.79 Å². The highest BCUT2D eigenvalue weighted by atomic mass is 32.1. The smallest absolute Gasteiger partial charge is 0.315 e. The Kier molecular flexibility index (Phi) is 4.57. The molecule has 0 saturated heterocycles. The number of aromatic nitrogens is 2. The lowest BCUT2D eigenvalue weighted by molar-refractivity contribution is 0.237. The van der Waals surface area contributed by atoms with Gasteiger partial charge in [-0.15, -0.1) is 11.3 Å². The largest absolute Gasteiger partial charge is 0.336 e. The molecule has 2 heterocycles. The predicted molar refractivity (Wildman–Crippen MR) is 76.4 cm³/mol. The molecule has 5 nitrogen and oxygen atoms in total. The van der Waals surface area contributed by atoms with Crippen molar-refractivity contribution >= 4 is 17.4 Å². The molecule has 0 aliphatic heterocycles. The fourth-order valence-corrected chi connectivity index (χ4v) is 2.59. The van der Waals surface area contributed by atoms with E-state index >= 15 is 0 Å². The number of hydrogen-bond donors (Lipinski definition) is 2. The molecule has 1 unspecified atom stereocenters. The van der Waals surface area contributed by atoms with E-state index in [4.69, 9.17) is 0 Å². The van der Waals surface area contributed by atoms with Crippen LogP contribution < -0.4 is 10.6 Å². The van der Waals surface area contributed by atoms with Gasteiger partial charge in [0, 0.05) is 29.9 Å². The summed E-state index contributed by atoms with van der Waals surface area (Å²) in [5, 5.41) is 12.0. The molecule has 0 spiro atoms. The van der Waals surface area contributed by atoms with Crippen molar-refractivity contribution in [2.24, 2.45) is 0 Å². The van der Waals surface area contributed by atoms with Crippen molar-refractivity contribution in [2.75, 3.05) is 6.54 Å². The molecule has 0 saturated carbocycles. The molecule has 0 radical (unpaired) electrons. The Labute approximate surface area is 116 Å². The Morgan fingerprint density at radius 3 is 2.89 bits per heavy atom. The van der Waals surface area contributed by atoms with Crippen molar-refractivity contribution in [3.8, 4) is 0 Å². The van der Waals surface area contributed by atoms with Crippen LogP contribution in [0.5, 0.6) is 0 Å². The first-order chi connectivity index (χ1) is 9.16. The summed E-state index contributed by atoms with van der Waals surface area (Å²) >= 11 is 1.66. The Balaban J connectivity index is 2.02. The van der Waals surface area contributed by atoms with E-state index in [0.29, 0.717) is 6.54 Å². The van der Waals surface area contributed by atoms with Gasteiger partial charge in [-0.05, 0) is 31.4 Å². The van der Waals surface area contributed by atoms with Gasteiger partial charge >= 0.3 is 6.03 Å². The van der Waals surface area contributed by atoms with Crippen molar-refractivity contribution in [3.63, 3.8) is 0 Å². The molecule has 2 N–H and O–H groups in total. The third-order valence-electron chi connectivity index (χ3n) is 2.59. The molecule has 2 aromatic heterocycles. The number of hydrogen-bond acceptors (Lipinski definition) is 3. The predicted octanol–water partition coefficient (Wildman–Crippen LogP) is 2.24. The number of carbonyl (C=O) groups excluding carboxylic acids is 1. The van der Waals surface area contributed by atoms with E-state index in [2.05, 4.69) is 21.8 Å². The van der Waals surface area contributed by atoms with Gasteiger partial charge in [0.1, 0.15) is 6.04 Å². The zero-order valence-corrected chi connectivity index (χ0v) is 11.9. The molecule has 2 aromatic rings. The second-order valence-corrected chi connectivity index (χ2v) is 5.51. The number of nitrogens with zero attached hydrogens (tertiary/aromatic N) is 2. The number of carbonyl (C=O) groups is 1. The first kappa shape index (κ1) is 13.6. The van der Waals surface area contributed by atoms with E-state index < -0.39 is 0 Å². The van der Waals surface area contributed by atoms with E-state index in [1.54, 1.807) is 17.5 Å². The van der Waals surface area contributed by atoms with Crippen molar-refractivity contribution in [1.82, 2.24) is 20.4 Å². The molecule has 0 aliphatic rings. The lowest BCUT2D eigenvalue weighted by atomic mass is 10.2. The topological polar surface area (TPSA) is 59.0 Å². The van der Waals surface area contributed by atoms with E-state index in [0.717, 1.165) is 0 Å². The molecule has 1 atom stereocenters. The van der Waals surface area contributed by atoms with Crippen LogP contribution in [0.3, 0.4) is 0 Å². The maximum atomic E-state index is 11.6. The van der Waals surface area contributed by atoms with Crippen LogP contribution in [0.1, 0.15) is 24.8 Å². The first-order valence-corrected chi connectivity index (χ1v) is 7.11. The Morgan fingerprint density at radius 1 is 1.47 bits per heavy atom. The highest BCUT2D eigenvalue weighted by Crippen LogP contribution is 2.21. The van der Waals surface area contributed by atoms with Crippen LogP contribution in [-0.4, -0.2) is 28.4 Å². The lowest BCUT2D eigenvalue weighted by Gasteiger charge is -2.18.